The maximum atomic E-state index is 5.81. The summed E-state index contributed by atoms with van der Waals surface area (Å²) >= 11 is 5.81. The van der Waals surface area contributed by atoms with Crippen molar-refractivity contribution in [2.45, 2.75) is 6.92 Å². The van der Waals surface area contributed by atoms with Crippen molar-refractivity contribution >= 4 is 11.6 Å². The fourth-order valence-corrected chi connectivity index (χ4v) is 1.23. The van der Waals surface area contributed by atoms with Crippen molar-refractivity contribution in [3.05, 3.63) is 34.8 Å². The van der Waals surface area contributed by atoms with Gasteiger partial charge in [0.2, 0.25) is 0 Å². The third-order valence-electron chi connectivity index (χ3n) is 1.67. The van der Waals surface area contributed by atoms with E-state index in [1.165, 1.54) is 0 Å². The molecule has 0 atom stereocenters. The van der Waals surface area contributed by atoms with E-state index >= 15 is 0 Å². The molecule has 0 amide bonds. The van der Waals surface area contributed by atoms with Crippen molar-refractivity contribution in [1.29, 1.82) is 0 Å². The molecular formula is C7H8ClN3. The topological polar surface area (TPSA) is 27.3 Å². The minimum absolute atomic E-state index is 0.751. The van der Waals surface area contributed by atoms with Crippen molar-refractivity contribution in [3.63, 3.8) is 0 Å². The standard InChI is InChI=1S/C7H8ClN3/c1-5-7-4-6(8)2-3-11(7)10-9-5/h2-4,9-10H,1H3. The molecule has 0 bridgehead atoms. The van der Waals surface area contributed by atoms with Crippen LogP contribution in [0.25, 0.3) is 0 Å². The van der Waals surface area contributed by atoms with Gasteiger partial charge in [0.25, 0.3) is 0 Å². The van der Waals surface area contributed by atoms with Gasteiger partial charge in [-0.15, -0.1) is 5.53 Å². The minimum atomic E-state index is 0.751. The van der Waals surface area contributed by atoms with E-state index < -0.39 is 0 Å². The molecule has 0 fully saturated rings. The number of fused-ring (bicyclic) bond motifs is 1. The van der Waals surface area contributed by atoms with Crippen molar-refractivity contribution in [2.24, 2.45) is 0 Å². The lowest BCUT2D eigenvalue weighted by molar-refractivity contribution is 0.347. The maximum Gasteiger partial charge on any atom is 0.0804 e. The van der Waals surface area contributed by atoms with Crippen LogP contribution in [-0.4, -0.2) is 5.01 Å². The molecule has 0 aromatic heterocycles. The Kier molecular flexibility index (Phi) is 1.41. The van der Waals surface area contributed by atoms with E-state index in [0.717, 1.165) is 16.4 Å². The molecule has 0 saturated carbocycles. The van der Waals surface area contributed by atoms with Crippen molar-refractivity contribution < 1.29 is 0 Å². The molecule has 2 aliphatic heterocycles. The van der Waals surface area contributed by atoms with Crippen molar-refractivity contribution in [2.75, 3.05) is 0 Å². The highest BCUT2D eigenvalue weighted by Crippen LogP contribution is 2.21. The molecule has 0 aliphatic carbocycles. The maximum absolute atomic E-state index is 5.81. The number of hydrogen-bond donors (Lipinski definition) is 2. The summed E-state index contributed by atoms with van der Waals surface area (Å²) < 4.78 is 0. The molecule has 58 valence electrons. The molecule has 3 nitrogen and oxygen atoms in total. The quantitative estimate of drug-likeness (QED) is 0.571. The van der Waals surface area contributed by atoms with Gasteiger partial charge in [0.1, 0.15) is 0 Å². The second-order valence-corrected chi connectivity index (χ2v) is 2.90. The molecule has 11 heavy (non-hydrogen) atoms. The predicted molar refractivity (Wildman–Crippen MR) is 43.9 cm³/mol. The van der Waals surface area contributed by atoms with E-state index in [1.807, 2.05) is 30.3 Å². The van der Waals surface area contributed by atoms with E-state index in [2.05, 4.69) is 11.0 Å². The number of rotatable bonds is 0. The molecule has 4 heteroatoms. The predicted octanol–water partition coefficient (Wildman–Crippen LogP) is 1.19. The van der Waals surface area contributed by atoms with Gasteiger partial charge >= 0.3 is 0 Å². The summed E-state index contributed by atoms with van der Waals surface area (Å²) in [7, 11) is 0. The zero-order valence-corrected chi connectivity index (χ0v) is 6.81. The molecule has 2 rings (SSSR count). The summed E-state index contributed by atoms with van der Waals surface area (Å²) in [6, 6.07) is 0. The van der Waals surface area contributed by atoms with Crippen LogP contribution in [0.1, 0.15) is 6.92 Å². The summed E-state index contributed by atoms with van der Waals surface area (Å²) in [6.07, 6.45) is 5.61. The highest BCUT2D eigenvalue weighted by molar-refractivity contribution is 6.31. The molecule has 2 aliphatic rings. The Morgan fingerprint density at radius 1 is 1.55 bits per heavy atom. The second kappa shape index (κ2) is 2.29. The lowest BCUT2D eigenvalue weighted by Gasteiger charge is -2.16. The summed E-state index contributed by atoms with van der Waals surface area (Å²) in [5.41, 5.74) is 8.07. The minimum Gasteiger partial charge on any atom is -0.306 e. The van der Waals surface area contributed by atoms with Crippen LogP contribution in [0.4, 0.5) is 0 Å². The molecule has 0 aromatic rings. The van der Waals surface area contributed by atoms with Gasteiger partial charge in [0.05, 0.1) is 11.4 Å². The SMILES string of the molecule is CC1=C2C=C(Cl)C=CN2NN1. The lowest BCUT2D eigenvalue weighted by Crippen LogP contribution is -2.34. The monoisotopic (exact) mass is 169 g/mol. The largest absolute Gasteiger partial charge is 0.306 e. The molecule has 2 N–H and O–H groups in total. The number of hydrogen-bond acceptors (Lipinski definition) is 3. The van der Waals surface area contributed by atoms with Gasteiger partial charge < -0.3 is 5.43 Å². The highest BCUT2D eigenvalue weighted by Gasteiger charge is 2.17. The molecule has 2 heterocycles. The number of hydrazine groups is 2. The highest BCUT2D eigenvalue weighted by atomic mass is 35.5. The Labute approximate surface area is 70.0 Å². The molecule has 0 spiro atoms. The fraction of sp³-hybridized carbons (Fsp3) is 0.143. The van der Waals surface area contributed by atoms with Crippen LogP contribution in [0.5, 0.6) is 0 Å². The Morgan fingerprint density at radius 2 is 2.36 bits per heavy atom. The van der Waals surface area contributed by atoms with E-state index in [-0.39, 0.29) is 0 Å². The molecule has 0 aromatic carbocycles. The van der Waals surface area contributed by atoms with Crippen molar-refractivity contribution in [3.8, 4) is 0 Å². The fourth-order valence-electron chi connectivity index (χ4n) is 1.07. The zero-order valence-electron chi connectivity index (χ0n) is 6.06. The second-order valence-electron chi connectivity index (χ2n) is 2.46. The summed E-state index contributed by atoms with van der Waals surface area (Å²) in [4.78, 5) is 0. The van der Waals surface area contributed by atoms with Crippen molar-refractivity contribution in [1.82, 2.24) is 16.0 Å². The van der Waals surface area contributed by atoms with Crippen LogP contribution < -0.4 is 11.0 Å². The number of nitrogens with one attached hydrogen (secondary N) is 2. The van der Waals surface area contributed by atoms with Gasteiger partial charge in [-0.2, -0.15) is 0 Å². The number of allylic oxidation sites excluding steroid dienone is 4. The van der Waals surface area contributed by atoms with Gasteiger partial charge in [0.15, 0.2) is 0 Å². The van der Waals surface area contributed by atoms with Crippen LogP contribution in [0.15, 0.2) is 34.8 Å². The van der Waals surface area contributed by atoms with Gasteiger partial charge in [-0.25, -0.2) is 0 Å². The molecule has 0 unspecified atom stereocenters. The average Bonchev–Trinajstić information content (AvgIpc) is 2.33. The summed E-state index contributed by atoms with van der Waals surface area (Å²) in [5.74, 6) is 0. The molecular weight excluding hydrogens is 162 g/mol. The first-order chi connectivity index (χ1) is 5.27. The van der Waals surface area contributed by atoms with Crippen LogP contribution in [0, 0.1) is 0 Å². The normalized spacial score (nSPS) is 21.6. The van der Waals surface area contributed by atoms with E-state index in [4.69, 9.17) is 11.6 Å². The lowest BCUT2D eigenvalue weighted by atomic mass is 10.2. The van der Waals surface area contributed by atoms with Crippen LogP contribution >= 0.6 is 11.6 Å². The Hall–Kier alpha value is -0.930. The smallest absolute Gasteiger partial charge is 0.0804 e. The van der Waals surface area contributed by atoms with Crippen LogP contribution in [-0.2, 0) is 0 Å². The van der Waals surface area contributed by atoms with Gasteiger partial charge in [-0.1, -0.05) is 11.6 Å². The van der Waals surface area contributed by atoms with Gasteiger partial charge in [-0.3, -0.25) is 5.01 Å². The first-order valence-corrected chi connectivity index (χ1v) is 3.72. The van der Waals surface area contributed by atoms with E-state index in [0.29, 0.717) is 0 Å². The van der Waals surface area contributed by atoms with E-state index in [1.54, 1.807) is 0 Å². The molecule has 0 radical (unpaired) electrons. The zero-order chi connectivity index (χ0) is 7.84. The average molecular weight is 170 g/mol. The third-order valence-corrected chi connectivity index (χ3v) is 1.90. The Morgan fingerprint density at radius 3 is 3.18 bits per heavy atom. The van der Waals surface area contributed by atoms with Gasteiger partial charge in [0, 0.05) is 11.2 Å². The van der Waals surface area contributed by atoms with Gasteiger partial charge in [-0.05, 0) is 19.1 Å². The van der Waals surface area contributed by atoms with Crippen LogP contribution in [0.3, 0.4) is 0 Å². The third kappa shape index (κ3) is 1.02. The number of halogens is 1. The first-order valence-electron chi connectivity index (χ1n) is 3.34. The Balaban J connectivity index is 2.40. The molecule has 0 saturated heterocycles. The Bertz CT molecular complexity index is 277. The summed E-state index contributed by atoms with van der Waals surface area (Å²) in [6.45, 7) is 1.99. The van der Waals surface area contributed by atoms with E-state index in [9.17, 15) is 0 Å². The first kappa shape index (κ1) is 6.76. The van der Waals surface area contributed by atoms with Crippen LogP contribution in [0.2, 0.25) is 0 Å². The number of nitrogens with zero attached hydrogens (tertiary/aromatic N) is 1. The summed E-state index contributed by atoms with van der Waals surface area (Å²) in [5, 5.41) is 2.63.